The van der Waals surface area contributed by atoms with E-state index in [2.05, 4.69) is 10.6 Å². The number of alkyl carbamates (subject to hydrolysis) is 1. The van der Waals surface area contributed by atoms with Crippen LogP contribution in [0.3, 0.4) is 0 Å². The molecule has 202 valence electrons. The zero-order chi connectivity index (χ0) is 26.8. The summed E-state index contributed by atoms with van der Waals surface area (Å²) in [4.78, 5) is 11.8. The van der Waals surface area contributed by atoms with Gasteiger partial charge < -0.3 is 20.1 Å². The van der Waals surface area contributed by atoms with Gasteiger partial charge in [0.1, 0.15) is 0 Å². The molecular weight excluding hydrogens is 502 g/mol. The van der Waals surface area contributed by atoms with Gasteiger partial charge in [-0.15, -0.1) is 0 Å². The summed E-state index contributed by atoms with van der Waals surface area (Å²) in [6.45, 7) is 2.15. The summed E-state index contributed by atoms with van der Waals surface area (Å²) < 4.78 is 91.2. The molecule has 2 aromatic rings. The van der Waals surface area contributed by atoms with Gasteiger partial charge in [0, 0.05) is 12.5 Å². The fourth-order valence-corrected chi connectivity index (χ4v) is 4.96. The quantitative estimate of drug-likeness (QED) is 0.453. The van der Waals surface area contributed by atoms with Crippen LogP contribution in [0.4, 0.5) is 31.1 Å². The average Bonchev–Trinajstić information content (AvgIpc) is 2.84. The maximum Gasteiger partial charge on any atom is 0.416 e. The Morgan fingerprint density at radius 1 is 1.05 bits per heavy atom. The zero-order valence-electron chi connectivity index (χ0n) is 20.1. The Bertz CT molecular complexity index is 1060. The summed E-state index contributed by atoms with van der Waals surface area (Å²) in [6, 6.07) is 10.7. The van der Waals surface area contributed by atoms with Crippen LogP contribution in [0.25, 0.3) is 0 Å². The molecule has 2 fully saturated rings. The van der Waals surface area contributed by atoms with E-state index in [1.807, 2.05) is 30.3 Å². The van der Waals surface area contributed by atoms with Gasteiger partial charge in [-0.25, -0.2) is 4.79 Å². The molecule has 2 aliphatic heterocycles. The molecule has 0 radical (unpaired) electrons. The van der Waals surface area contributed by atoms with Gasteiger partial charge in [0.15, 0.2) is 0 Å². The number of carbonyl (C=O) groups excluding carboxylic acids is 1. The first-order chi connectivity index (χ1) is 17.4. The van der Waals surface area contributed by atoms with Crippen molar-refractivity contribution in [1.29, 1.82) is 0 Å². The largest absolute Gasteiger partial charge is 0.449 e. The number of benzene rings is 2. The Labute approximate surface area is 210 Å². The standard InChI is InChI=1S/C26H28F6N2O3/c1-16(18-10-20(25(27,28)29)12-21(11-18)26(30,31)32)37-15-24(19-7-3-2-4-8-19)9-5-6-17-14-36-23(35)34-22(17)13-33-24/h2-4,7-8,10-12,16-17,22,33H,5-6,9,13-15H2,1H3,(H,34,35)/t16-,17?,22+,24-/m1/s1. The third-order valence-corrected chi connectivity index (χ3v) is 7.13. The second kappa shape index (κ2) is 10.5. The maximum absolute atomic E-state index is 13.3. The number of cyclic esters (lactones) is 1. The molecule has 2 heterocycles. The number of hydrogen-bond acceptors (Lipinski definition) is 4. The number of carbonyl (C=O) groups is 1. The minimum absolute atomic E-state index is 0.00237. The lowest BCUT2D eigenvalue weighted by atomic mass is 9.80. The smallest absolute Gasteiger partial charge is 0.416 e. The topological polar surface area (TPSA) is 59.6 Å². The molecule has 4 rings (SSSR count). The van der Waals surface area contributed by atoms with E-state index in [4.69, 9.17) is 9.47 Å². The minimum Gasteiger partial charge on any atom is -0.449 e. The van der Waals surface area contributed by atoms with Crippen LogP contribution < -0.4 is 10.6 Å². The molecule has 0 spiro atoms. The predicted molar refractivity (Wildman–Crippen MR) is 123 cm³/mol. The molecule has 0 saturated carbocycles. The molecule has 11 heteroatoms. The molecule has 2 saturated heterocycles. The first kappa shape index (κ1) is 27.3. The van der Waals surface area contributed by atoms with E-state index in [0.29, 0.717) is 31.7 Å². The number of alkyl halides is 6. The number of fused-ring (bicyclic) bond motifs is 1. The second-order valence-corrected chi connectivity index (χ2v) is 9.62. The first-order valence-electron chi connectivity index (χ1n) is 12.0. The monoisotopic (exact) mass is 530 g/mol. The van der Waals surface area contributed by atoms with Gasteiger partial charge in [-0.2, -0.15) is 26.3 Å². The van der Waals surface area contributed by atoms with Gasteiger partial charge in [0.25, 0.3) is 0 Å². The Morgan fingerprint density at radius 3 is 2.32 bits per heavy atom. The van der Waals surface area contributed by atoms with Crippen molar-refractivity contribution in [3.8, 4) is 0 Å². The third-order valence-electron chi connectivity index (χ3n) is 7.13. The summed E-state index contributed by atoms with van der Waals surface area (Å²) >= 11 is 0. The van der Waals surface area contributed by atoms with Crippen molar-refractivity contribution in [2.24, 2.45) is 5.92 Å². The van der Waals surface area contributed by atoms with Gasteiger partial charge in [0.2, 0.25) is 0 Å². The minimum atomic E-state index is -4.94. The van der Waals surface area contributed by atoms with Gasteiger partial charge >= 0.3 is 18.4 Å². The Morgan fingerprint density at radius 2 is 1.70 bits per heavy atom. The molecule has 5 nitrogen and oxygen atoms in total. The van der Waals surface area contributed by atoms with E-state index in [9.17, 15) is 31.1 Å². The maximum atomic E-state index is 13.3. The number of halogens is 6. The molecule has 1 amide bonds. The van der Waals surface area contributed by atoms with Gasteiger partial charge in [0.05, 0.1) is 42.0 Å². The van der Waals surface area contributed by atoms with Crippen LogP contribution in [-0.4, -0.2) is 31.9 Å². The van der Waals surface area contributed by atoms with Crippen molar-refractivity contribution in [1.82, 2.24) is 10.6 Å². The van der Waals surface area contributed by atoms with Crippen LogP contribution in [0.2, 0.25) is 0 Å². The SMILES string of the molecule is C[C@@H](OC[C@@]1(c2ccccc2)CCCC2COC(=O)N[C@H]2CN1)c1cc(C(F)(F)F)cc(C(F)(F)F)c1. The number of hydrogen-bond donors (Lipinski definition) is 2. The van der Waals surface area contributed by atoms with E-state index in [0.717, 1.165) is 18.4 Å². The number of nitrogens with one attached hydrogen (secondary N) is 2. The normalized spacial score (nSPS) is 25.8. The molecule has 2 aliphatic rings. The Balaban J connectivity index is 1.60. The summed E-state index contributed by atoms with van der Waals surface area (Å²) in [5.41, 5.74) is -2.86. The van der Waals surface area contributed by atoms with Crippen LogP contribution >= 0.6 is 0 Å². The third kappa shape index (κ3) is 6.38. The van der Waals surface area contributed by atoms with E-state index in [1.54, 1.807) is 0 Å². The molecular formula is C26H28F6N2O3. The number of ether oxygens (including phenoxy) is 2. The van der Waals surface area contributed by atoms with Crippen LogP contribution in [0.5, 0.6) is 0 Å². The van der Waals surface area contributed by atoms with Gasteiger partial charge in [-0.05, 0) is 49.1 Å². The number of amides is 1. The highest BCUT2D eigenvalue weighted by Crippen LogP contribution is 2.39. The molecule has 0 bridgehead atoms. The van der Waals surface area contributed by atoms with Crippen molar-refractivity contribution in [3.63, 3.8) is 0 Å². The molecule has 0 aromatic heterocycles. The Kier molecular flexibility index (Phi) is 7.75. The van der Waals surface area contributed by atoms with E-state index in [1.165, 1.54) is 6.92 Å². The van der Waals surface area contributed by atoms with Gasteiger partial charge in [-0.1, -0.05) is 36.8 Å². The molecule has 2 aromatic carbocycles. The van der Waals surface area contributed by atoms with Crippen molar-refractivity contribution in [3.05, 3.63) is 70.8 Å². The fourth-order valence-electron chi connectivity index (χ4n) is 4.96. The highest BCUT2D eigenvalue weighted by molar-refractivity contribution is 5.68. The highest BCUT2D eigenvalue weighted by atomic mass is 19.4. The lowest BCUT2D eigenvalue weighted by molar-refractivity contribution is -0.143. The predicted octanol–water partition coefficient (Wildman–Crippen LogP) is 6.20. The fraction of sp³-hybridized carbons (Fsp3) is 0.500. The number of rotatable bonds is 5. The van der Waals surface area contributed by atoms with Crippen molar-refractivity contribution in [2.75, 3.05) is 19.8 Å². The van der Waals surface area contributed by atoms with Crippen LogP contribution in [0.1, 0.15) is 54.5 Å². The molecule has 0 aliphatic carbocycles. The first-order valence-corrected chi connectivity index (χ1v) is 12.0. The molecule has 4 atom stereocenters. The van der Waals surface area contributed by atoms with E-state index >= 15 is 0 Å². The lowest BCUT2D eigenvalue weighted by Crippen LogP contribution is -2.58. The van der Waals surface area contributed by atoms with E-state index in [-0.39, 0.29) is 30.2 Å². The van der Waals surface area contributed by atoms with Crippen LogP contribution in [0.15, 0.2) is 48.5 Å². The zero-order valence-corrected chi connectivity index (χ0v) is 20.1. The summed E-state index contributed by atoms with van der Waals surface area (Å²) in [5.74, 6) is 0.129. The van der Waals surface area contributed by atoms with Crippen molar-refractivity contribution < 1.29 is 40.6 Å². The van der Waals surface area contributed by atoms with Gasteiger partial charge in [-0.3, -0.25) is 0 Å². The lowest BCUT2D eigenvalue weighted by Gasteiger charge is -2.42. The van der Waals surface area contributed by atoms with Crippen molar-refractivity contribution in [2.45, 2.75) is 56.2 Å². The molecule has 37 heavy (non-hydrogen) atoms. The highest BCUT2D eigenvalue weighted by Gasteiger charge is 2.40. The Hall–Kier alpha value is -2.79. The summed E-state index contributed by atoms with van der Waals surface area (Å²) in [5, 5.41) is 6.32. The molecule has 2 N–H and O–H groups in total. The second-order valence-electron chi connectivity index (χ2n) is 9.62. The van der Waals surface area contributed by atoms with E-state index < -0.39 is 41.2 Å². The van der Waals surface area contributed by atoms with Crippen LogP contribution in [0, 0.1) is 5.92 Å². The average molecular weight is 531 g/mol. The molecule has 1 unspecified atom stereocenters. The van der Waals surface area contributed by atoms with Crippen LogP contribution in [-0.2, 0) is 27.4 Å². The van der Waals surface area contributed by atoms with Crippen molar-refractivity contribution >= 4 is 6.09 Å². The summed E-state index contributed by atoms with van der Waals surface area (Å²) in [6.07, 6.45) is -9.30. The summed E-state index contributed by atoms with van der Waals surface area (Å²) in [7, 11) is 0.